The summed E-state index contributed by atoms with van der Waals surface area (Å²) >= 11 is 5.65. The summed E-state index contributed by atoms with van der Waals surface area (Å²) in [7, 11) is 1.70. The van der Waals surface area contributed by atoms with E-state index in [2.05, 4.69) is 0 Å². The molecule has 1 fully saturated rings. The summed E-state index contributed by atoms with van der Waals surface area (Å²) in [6.07, 6.45) is 3.69. The summed E-state index contributed by atoms with van der Waals surface area (Å²) < 4.78 is 5.44. The molecule has 88 valence electrons. The molecule has 0 spiro atoms. The van der Waals surface area contributed by atoms with Crippen LogP contribution in [-0.4, -0.2) is 42.5 Å². The van der Waals surface area contributed by atoms with Crippen molar-refractivity contribution in [2.75, 3.05) is 26.1 Å². The van der Waals surface area contributed by atoms with Crippen LogP contribution in [0.1, 0.15) is 32.6 Å². The van der Waals surface area contributed by atoms with E-state index in [0.717, 1.165) is 19.4 Å². The molecule has 0 aromatic heterocycles. The van der Waals surface area contributed by atoms with Gasteiger partial charge in [-0.15, -0.1) is 11.6 Å². The average Bonchev–Trinajstić information content (AvgIpc) is 2.19. The third-order valence-corrected chi connectivity index (χ3v) is 3.43. The van der Waals surface area contributed by atoms with E-state index in [1.807, 2.05) is 6.92 Å². The first-order valence-electron chi connectivity index (χ1n) is 5.56. The minimum Gasteiger partial charge on any atom is -0.378 e. The van der Waals surface area contributed by atoms with E-state index in [-0.39, 0.29) is 11.5 Å². The van der Waals surface area contributed by atoms with Gasteiger partial charge in [-0.1, -0.05) is 0 Å². The summed E-state index contributed by atoms with van der Waals surface area (Å²) in [6.45, 7) is 3.34. The Morgan fingerprint density at radius 2 is 2.20 bits per heavy atom. The number of halogens is 1. The molecular formula is C11H20ClNO2. The molecule has 0 aromatic rings. The fourth-order valence-corrected chi connectivity index (χ4v) is 2.18. The number of carbonyl (C=O) groups excluding carboxylic acids is 1. The molecule has 0 N–H and O–H groups in total. The number of methoxy groups -OCH3 is 1. The van der Waals surface area contributed by atoms with Crippen molar-refractivity contribution in [2.24, 2.45) is 0 Å². The Hall–Kier alpha value is -0.280. The standard InChI is InChI=1S/C11H20ClNO2/c1-3-13(8-7-12)10(14)9-11(15-2)5-4-6-11/h3-9H2,1-2H3. The molecule has 3 nitrogen and oxygen atoms in total. The Morgan fingerprint density at radius 1 is 1.53 bits per heavy atom. The van der Waals surface area contributed by atoms with E-state index in [1.54, 1.807) is 12.0 Å². The topological polar surface area (TPSA) is 29.5 Å². The van der Waals surface area contributed by atoms with Gasteiger partial charge in [0.05, 0.1) is 12.0 Å². The molecule has 15 heavy (non-hydrogen) atoms. The Kier molecular flexibility index (Phi) is 4.87. The largest absolute Gasteiger partial charge is 0.378 e. The second kappa shape index (κ2) is 5.71. The summed E-state index contributed by atoms with van der Waals surface area (Å²) in [5.74, 6) is 0.666. The SMILES string of the molecule is CCN(CCCl)C(=O)CC1(OC)CCC1. The molecule has 0 bridgehead atoms. The molecule has 0 radical (unpaired) electrons. The van der Waals surface area contributed by atoms with Crippen molar-refractivity contribution < 1.29 is 9.53 Å². The van der Waals surface area contributed by atoms with Gasteiger partial charge in [0, 0.05) is 26.1 Å². The quantitative estimate of drug-likeness (QED) is 0.657. The van der Waals surface area contributed by atoms with Crippen LogP contribution in [0.4, 0.5) is 0 Å². The van der Waals surface area contributed by atoms with E-state index in [1.165, 1.54) is 6.42 Å². The first-order chi connectivity index (χ1) is 7.17. The highest BCUT2D eigenvalue weighted by molar-refractivity contribution is 6.18. The van der Waals surface area contributed by atoms with Gasteiger partial charge in [0.15, 0.2) is 0 Å². The van der Waals surface area contributed by atoms with Crippen LogP contribution in [0.5, 0.6) is 0 Å². The minimum absolute atomic E-state index is 0.166. The van der Waals surface area contributed by atoms with Gasteiger partial charge in [0.25, 0.3) is 0 Å². The maximum absolute atomic E-state index is 11.9. The third-order valence-electron chi connectivity index (χ3n) is 3.26. The van der Waals surface area contributed by atoms with Crippen LogP contribution in [0.3, 0.4) is 0 Å². The van der Waals surface area contributed by atoms with Gasteiger partial charge in [-0.3, -0.25) is 4.79 Å². The highest BCUT2D eigenvalue weighted by Gasteiger charge is 2.39. The highest BCUT2D eigenvalue weighted by Crippen LogP contribution is 2.38. The molecule has 1 aliphatic rings. The van der Waals surface area contributed by atoms with Crippen molar-refractivity contribution in [1.29, 1.82) is 0 Å². The Morgan fingerprint density at radius 3 is 2.53 bits per heavy atom. The summed E-state index contributed by atoms with van der Waals surface area (Å²) in [4.78, 5) is 13.7. The molecule has 1 aliphatic carbocycles. The van der Waals surface area contributed by atoms with Gasteiger partial charge < -0.3 is 9.64 Å². The Bertz CT molecular complexity index is 211. The van der Waals surface area contributed by atoms with Crippen LogP contribution in [0, 0.1) is 0 Å². The molecule has 0 saturated heterocycles. The Balaban J connectivity index is 2.45. The van der Waals surface area contributed by atoms with Gasteiger partial charge >= 0.3 is 0 Å². The van der Waals surface area contributed by atoms with Gasteiger partial charge in [-0.05, 0) is 26.2 Å². The number of rotatable bonds is 6. The van der Waals surface area contributed by atoms with Crippen LogP contribution in [0.25, 0.3) is 0 Å². The second-order valence-corrected chi connectivity index (χ2v) is 4.46. The van der Waals surface area contributed by atoms with Crippen molar-refractivity contribution in [2.45, 2.75) is 38.2 Å². The number of alkyl halides is 1. The number of nitrogens with zero attached hydrogens (tertiary/aromatic N) is 1. The maximum atomic E-state index is 11.9. The highest BCUT2D eigenvalue weighted by atomic mass is 35.5. The van der Waals surface area contributed by atoms with Gasteiger partial charge in [-0.25, -0.2) is 0 Å². The predicted octanol–water partition coefficient (Wildman–Crippen LogP) is 2.03. The number of carbonyl (C=O) groups is 1. The monoisotopic (exact) mass is 233 g/mol. The summed E-state index contributed by atoms with van der Waals surface area (Å²) in [5, 5.41) is 0. The molecule has 0 aromatic carbocycles. The summed E-state index contributed by atoms with van der Waals surface area (Å²) in [5.41, 5.74) is -0.170. The Labute approximate surface area is 96.7 Å². The number of amides is 1. The van der Waals surface area contributed by atoms with Crippen molar-refractivity contribution in [3.8, 4) is 0 Å². The van der Waals surface area contributed by atoms with E-state index >= 15 is 0 Å². The minimum atomic E-state index is -0.170. The van der Waals surface area contributed by atoms with Crippen LogP contribution in [0.15, 0.2) is 0 Å². The van der Waals surface area contributed by atoms with E-state index in [0.29, 0.717) is 18.8 Å². The first kappa shape index (κ1) is 12.8. The lowest BCUT2D eigenvalue weighted by atomic mass is 9.77. The van der Waals surface area contributed by atoms with Crippen molar-refractivity contribution >= 4 is 17.5 Å². The third kappa shape index (κ3) is 3.08. The zero-order valence-electron chi connectivity index (χ0n) is 9.59. The molecule has 0 atom stereocenters. The predicted molar refractivity (Wildman–Crippen MR) is 61.2 cm³/mol. The van der Waals surface area contributed by atoms with E-state index in [9.17, 15) is 4.79 Å². The van der Waals surface area contributed by atoms with Crippen LogP contribution < -0.4 is 0 Å². The maximum Gasteiger partial charge on any atom is 0.225 e. The number of hydrogen-bond donors (Lipinski definition) is 0. The molecule has 0 unspecified atom stereocenters. The number of ether oxygens (including phenoxy) is 1. The van der Waals surface area contributed by atoms with E-state index < -0.39 is 0 Å². The van der Waals surface area contributed by atoms with E-state index in [4.69, 9.17) is 16.3 Å². The summed E-state index contributed by atoms with van der Waals surface area (Å²) in [6, 6.07) is 0. The number of hydrogen-bond acceptors (Lipinski definition) is 2. The lowest BCUT2D eigenvalue weighted by Gasteiger charge is -2.41. The smallest absolute Gasteiger partial charge is 0.225 e. The van der Waals surface area contributed by atoms with Crippen molar-refractivity contribution in [3.05, 3.63) is 0 Å². The van der Waals surface area contributed by atoms with Crippen LogP contribution in [0.2, 0.25) is 0 Å². The molecule has 1 saturated carbocycles. The lowest BCUT2D eigenvalue weighted by molar-refractivity contribution is -0.143. The molecule has 0 aliphatic heterocycles. The van der Waals surface area contributed by atoms with Crippen molar-refractivity contribution in [1.82, 2.24) is 4.90 Å². The molecule has 4 heteroatoms. The fourth-order valence-electron chi connectivity index (χ4n) is 1.97. The average molecular weight is 234 g/mol. The molecular weight excluding hydrogens is 214 g/mol. The first-order valence-corrected chi connectivity index (χ1v) is 6.10. The molecule has 0 heterocycles. The zero-order chi connectivity index (χ0) is 11.3. The fraction of sp³-hybridized carbons (Fsp3) is 0.909. The second-order valence-electron chi connectivity index (χ2n) is 4.08. The molecule has 1 rings (SSSR count). The van der Waals surface area contributed by atoms with Crippen LogP contribution in [-0.2, 0) is 9.53 Å². The van der Waals surface area contributed by atoms with Gasteiger partial charge in [0.1, 0.15) is 0 Å². The zero-order valence-corrected chi connectivity index (χ0v) is 10.3. The van der Waals surface area contributed by atoms with Gasteiger partial charge in [-0.2, -0.15) is 0 Å². The van der Waals surface area contributed by atoms with Gasteiger partial charge in [0.2, 0.25) is 5.91 Å². The normalized spacial score (nSPS) is 18.3. The van der Waals surface area contributed by atoms with Crippen molar-refractivity contribution in [3.63, 3.8) is 0 Å². The van der Waals surface area contributed by atoms with Crippen LogP contribution >= 0.6 is 11.6 Å². The molecule has 1 amide bonds. The lowest BCUT2D eigenvalue weighted by Crippen LogP contribution is -2.45.